The predicted molar refractivity (Wildman–Crippen MR) is 77.0 cm³/mol. The van der Waals surface area contributed by atoms with Crippen molar-refractivity contribution < 1.29 is 27.4 Å². The number of hydrogen-bond acceptors (Lipinski definition) is 5. The Hall–Kier alpha value is -2.46. The van der Waals surface area contributed by atoms with Crippen molar-refractivity contribution in [1.82, 2.24) is 14.9 Å². The molecule has 8 nitrogen and oxygen atoms in total. The SMILES string of the molecule is COc1ccc(F)cc1C(NS(=O)(=O)c1cn[nH]c1C)C(=O)O. The zero-order valence-corrected chi connectivity index (χ0v) is 13.0. The molecule has 0 saturated carbocycles. The Labute approximate surface area is 131 Å². The van der Waals surface area contributed by atoms with E-state index in [4.69, 9.17) is 4.74 Å². The van der Waals surface area contributed by atoms with E-state index in [1.165, 1.54) is 20.1 Å². The van der Waals surface area contributed by atoms with E-state index in [0.717, 1.165) is 18.3 Å². The van der Waals surface area contributed by atoms with E-state index in [0.29, 0.717) is 0 Å². The molecule has 0 spiro atoms. The highest BCUT2D eigenvalue weighted by Crippen LogP contribution is 2.28. The fraction of sp³-hybridized carbons (Fsp3) is 0.231. The lowest BCUT2D eigenvalue weighted by Crippen LogP contribution is -2.34. The van der Waals surface area contributed by atoms with E-state index < -0.39 is 27.9 Å². The number of benzene rings is 1. The van der Waals surface area contributed by atoms with Crippen LogP contribution >= 0.6 is 0 Å². The number of aromatic amines is 1. The second-order valence-electron chi connectivity index (χ2n) is 4.64. The summed E-state index contributed by atoms with van der Waals surface area (Å²) in [5.74, 6) is -2.17. The average molecular weight is 343 g/mol. The number of methoxy groups -OCH3 is 1. The number of rotatable bonds is 6. The minimum Gasteiger partial charge on any atom is -0.496 e. The zero-order chi connectivity index (χ0) is 17.2. The summed E-state index contributed by atoms with van der Waals surface area (Å²) in [5.41, 5.74) is 0.0950. The Bertz CT molecular complexity index is 834. The lowest BCUT2D eigenvalue weighted by Gasteiger charge is -2.17. The number of aryl methyl sites for hydroxylation is 1. The van der Waals surface area contributed by atoms with E-state index in [2.05, 4.69) is 10.2 Å². The number of sulfonamides is 1. The van der Waals surface area contributed by atoms with Gasteiger partial charge in [0.25, 0.3) is 0 Å². The molecule has 0 aliphatic heterocycles. The molecule has 0 saturated heterocycles. The van der Waals surface area contributed by atoms with E-state index >= 15 is 0 Å². The fourth-order valence-corrected chi connectivity index (χ4v) is 3.31. The normalized spacial score (nSPS) is 12.8. The first-order valence-corrected chi connectivity index (χ1v) is 7.83. The largest absolute Gasteiger partial charge is 0.496 e. The zero-order valence-electron chi connectivity index (χ0n) is 12.2. The summed E-state index contributed by atoms with van der Waals surface area (Å²) in [7, 11) is -2.91. The van der Waals surface area contributed by atoms with Crippen molar-refractivity contribution in [1.29, 1.82) is 0 Å². The van der Waals surface area contributed by atoms with Crippen molar-refractivity contribution in [3.63, 3.8) is 0 Å². The van der Waals surface area contributed by atoms with Crippen LogP contribution in [0.25, 0.3) is 0 Å². The van der Waals surface area contributed by atoms with Crippen LogP contribution in [0.3, 0.4) is 0 Å². The number of aliphatic carboxylic acids is 1. The Morgan fingerprint density at radius 1 is 1.48 bits per heavy atom. The van der Waals surface area contributed by atoms with Gasteiger partial charge in [0.15, 0.2) is 0 Å². The molecule has 0 aliphatic carbocycles. The summed E-state index contributed by atoms with van der Waals surface area (Å²) >= 11 is 0. The molecule has 2 rings (SSSR count). The number of carbonyl (C=O) groups is 1. The maximum Gasteiger partial charge on any atom is 0.326 e. The molecule has 23 heavy (non-hydrogen) atoms. The summed E-state index contributed by atoms with van der Waals surface area (Å²) in [4.78, 5) is 11.3. The maximum atomic E-state index is 13.4. The minimum atomic E-state index is -4.18. The molecule has 0 amide bonds. The third-order valence-electron chi connectivity index (χ3n) is 3.10. The van der Waals surface area contributed by atoms with Gasteiger partial charge in [-0.1, -0.05) is 0 Å². The van der Waals surface area contributed by atoms with Crippen molar-refractivity contribution in [2.24, 2.45) is 0 Å². The number of carboxylic acids is 1. The molecular formula is C13H14FN3O5S. The summed E-state index contributed by atoms with van der Waals surface area (Å²) in [6.45, 7) is 1.47. The van der Waals surface area contributed by atoms with Gasteiger partial charge in [0.1, 0.15) is 22.5 Å². The molecule has 3 N–H and O–H groups in total. The Morgan fingerprint density at radius 2 is 2.17 bits per heavy atom. The molecule has 1 heterocycles. The molecule has 0 bridgehead atoms. The van der Waals surface area contributed by atoms with Crippen LogP contribution in [0.1, 0.15) is 17.3 Å². The number of ether oxygens (including phenoxy) is 1. The summed E-state index contributed by atoms with van der Waals surface area (Å²) < 4.78 is 45.1. The topological polar surface area (TPSA) is 121 Å². The number of nitrogens with zero attached hydrogens (tertiary/aromatic N) is 1. The van der Waals surface area contributed by atoms with Gasteiger partial charge in [0, 0.05) is 5.56 Å². The summed E-state index contributed by atoms with van der Waals surface area (Å²) in [5, 5.41) is 15.4. The second-order valence-corrected chi connectivity index (χ2v) is 6.32. The molecule has 10 heteroatoms. The van der Waals surface area contributed by atoms with Gasteiger partial charge >= 0.3 is 5.97 Å². The quantitative estimate of drug-likeness (QED) is 0.718. The van der Waals surface area contributed by atoms with Crippen LogP contribution in [0, 0.1) is 12.7 Å². The molecule has 1 aromatic heterocycles. The van der Waals surface area contributed by atoms with Gasteiger partial charge in [-0.3, -0.25) is 9.89 Å². The van der Waals surface area contributed by atoms with Crippen molar-refractivity contribution >= 4 is 16.0 Å². The van der Waals surface area contributed by atoms with Gasteiger partial charge in [-0.05, 0) is 25.1 Å². The van der Waals surface area contributed by atoms with Crippen LogP contribution < -0.4 is 9.46 Å². The third kappa shape index (κ3) is 3.48. The van der Waals surface area contributed by atoms with Crippen LogP contribution in [-0.2, 0) is 14.8 Å². The third-order valence-corrected chi connectivity index (χ3v) is 4.63. The van der Waals surface area contributed by atoms with Crippen LogP contribution in [-0.4, -0.2) is 36.8 Å². The standard InChI is InChI=1S/C13H14FN3O5S/c1-7-11(6-15-16-7)23(20,21)17-12(13(18)19)9-5-8(14)3-4-10(9)22-2/h3-6,12,17H,1-2H3,(H,15,16)(H,18,19). The number of carboxylic acid groups (broad SMARTS) is 1. The highest BCUT2D eigenvalue weighted by atomic mass is 32.2. The van der Waals surface area contributed by atoms with Crippen molar-refractivity contribution in [2.75, 3.05) is 7.11 Å². The van der Waals surface area contributed by atoms with Gasteiger partial charge in [0.2, 0.25) is 10.0 Å². The van der Waals surface area contributed by atoms with Crippen molar-refractivity contribution in [2.45, 2.75) is 17.9 Å². The first-order chi connectivity index (χ1) is 10.8. The molecule has 2 aromatic rings. The Balaban J connectivity index is 2.47. The molecule has 124 valence electrons. The van der Waals surface area contributed by atoms with Crippen LogP contribution in [0.2, 0.25) is 0 Å². The lowest BCUT2D eigenvalue weighted by molar-refractivity contribution is -0.139. The number of aromatic nitrogens is 2. The van der Waals surface area contributed by atoms with Gasteiger partial charge in [0.05, 0.1) is 19.0 Å². The van der Waals surface area contributed by atoms with Gasteiger partial charge in [-0.15, -0.1) is 0 Å². The summed E-state index contributed by atoms with van der Waals surface area (Å²) in [6, 6.07) is 1.48. The molecule has 0 aliphatic rings. The molecule has 1 aromatic carbocycles. The number of hydrogen-bond donors (Lipinski definition) is 3. The van der Waals surface area contributed by atoms with Crippen molar-refractivity contribution in [3.05, 3.63) is 41.5 Å². The van der Waals surface area contributed by atoms with Crippen LogP contribution in [0.5, 0.6) is 5.75 Å². The highest BCUT2D eigenvalue weighted by Gasteiger charge is 2.31. The molecular weight excluding hydrogens is 329 g/mol. The summed E-state index contributed by atoms with van der Waals surface area (Å²) in [6.07, 6.45) is 1.05. The second kappa shape index (κ2) is 6.34. The highest BCUT2D eigenvalue weighted by molar-refractivity contribution is 7.89. The van der Waals surface area contributed by atoms with E-state index in [1.807, 2.05) is 4.72 Å². The number of halogens is 1. The monoisotopic (exact) mass is 343 g/mol. The Morgan fingerprint density at radius 3 is 2.70 bits per heavy atom. The van der Waals surface area contributed by atoms with Crippen molar-refractivity contribution in [3.8, 4) is 5.75 Å². The molecule has 1 atom stereocenters. The van der Waals surface area contributed by atoms with E-state index in [9.17, 15) is 22.7 Å². The van der Waals surface area contributed by atoms with E-state index in [1.54, 1.807) is 0 Å². The molecule has 0 fully saturated rings. The Kier molecular flexibility index (Phi) is 4.66. The van der Waals surface area contributed by atoms with E-state index in [-0.39, 0.29) is 21.9 Å². The van der Waals surface area contributed by atoms with Gasteiger partial charge < -0.3 is 9.84 Å². The van der Waals surface area contributed by atoms with Crippen LogP contribution in [0.4, 0.5) is 4.39 Å². The predicted octanol–water partition coefficient (Wildman–Crippen LogP) is 0.970. The first-order valence-electron chi connectivity index (χ1n) is 6.35. The van der Waals surface area contributed by atoms with Gasteiger partial charge in [-0.2, -0.15) is 9.82 Å². The van der Waals surface area contributed by atoms with Crippen LogP contribution in [0.15, 0.2) is 29.3 Å². The first kappa shape index (κ1) is 16.9. The maximum absolute atomic E-state index is 13.4. The fourth-order valence-electron chi connectivity index (χ4n) is 2.01. The smallest absolute Gasteiger partial charge is 0.326 e. The molecule has 0 radical (unpaired) electrons. The average Bonchev–Trinajstić information content (AvgIpc) is 2.91. The lowest BCUT2D eigenvalue weighted by atomic mass is 10.1. The molecule has 1 unspecified atom stereocenters. The number of nitrogens with one attached hydrogen (secondary N) is 2. The minimum absolute atomic E-state index is 0.0467. The number of H-pyrrole nitrogens is 1. The van der Waals surface area contributed by atoms with Gasteiger partial charge in [-0.25, -0.2) is 12.8 Å².